The highest BCUT2D eigenvalue weighted by Gasteiger charge is 2.25. The van der Waals surface area contributed by atoms with Crippen molar-refractivity contribution in [1.82, 2.24) is 14.7 Å². The molecule has 0 aromatic heterocycles. The Bertz CT molecular complexity index is 908. The van der Waals surface area contributed by atoms with E-state index in [1.165, 1.54) is 0 Å². The Morgan fingerprint density at radius 3 is 2.16 bits per heavy atom. The van der Waals surface area contributed by atoms with Crippen molar-refractivity contribution in [1.29, 1.82) is 0 Å². The molecule has 0 bridgehead atoms. The first-order valence-corrected chi connectivity index (χ1v) is 11.2. The lowest BCUT2D eigenvalue weighted by Gasteiger charge is -2.35. The van der Waals surface area contributed by atoms with Gasteiger partial charge in [-0.1, -0.05) is 48.0 Å². The van der Waals surface area contributed by atoms with Crippen molar-refractivity contribution >= 4 is 23.4 Å². The second kappa shape index (κ2) is 10.2. The molecule has 0 N–H and O–H groups in total. The summed E-state index contributed by atoms with van der Waals surface area (Å²) in [5, 5.41) is 0.486. The number of hydrogen-bond donors (Lipinski definition) is 0. The lowest BCUT2D eigenvalue weighted by Crippen LogP contribution is -2.52. The average Bonchev–Trinajstić information content (AvgIpc) is 3.34. The van der Waals surface area contributed by atoms with E-state index in [0.717, 1.165) is 37.1 Å². The van der Waals surface area contributed by atoms with Gasteiger partial charge in [-0.3, -0.25) is 14.5 Å². The predicted molar refractivity (Wildman–Crippen MR) is 121 cm³/mol. The summed E-state index contributed by atoms with van der Waals surface area (Å²) in [7, 11) is 0. The van der Waals surface area contributed by atoms with Gasteiger partial charge in [-0.2, -0.15) is 0 Å². The molecule has 2 aromatic carbocycles. The fourth-order valence-corrected chi connectivity index (χ4v) is 4.31. The van der Waals surface area contributed by atoms with Crippen LogP contribution in [0.3, 0.4) is 0 Å². The lowest BCUT2D eigenvalue weighted by atomic mass is 10.1. The van der Waals surface area contributed by atoms with Crippen molar-refractivity contribution in [3.63, 3.8) is 0 Å². The fourth-order valence-electron chi connectivity index (χ4n) is 4.07. The van der Waals surface area contributed by atoms with Crippen molar-refractivity contribution in [2.75, 3.05) is 52.4 Å². The molecular formula is C24H28ClN3O3. The smallest absolute Gasteiger partial charge is 0.260 e. The lowest BCUT2D eigenvalue weighted by molar-refractivity contribution is -0.136. The Balaban J connectivity index is 1.23. The molecule has 4 rings (SSSR count). The summed E-state index contributed by atoms with van der Waals surface area (Å²) in [6.45, 7) is 4.79. The quantitative estimate of drug-likeness (QED) is 0.691. The first-order valence-electron chi connectivity index (χ1n) is 10.9. The summed E-state index contributed by atoms with van der Waals surface area (Å²) in [5.41, 5.74) is 2.08. The summed E-state index contributed by atoms with van der Waals surface area (Å²) in [6, 6.07) is 15.6. The van der Waals surface area contributed by atoms with Crippen LogP contribution in [-0.4, -0.2) is 78.9 Å². The van der Waals surface area contributed by atoms with Crippen molar-refractivity contribution < 1.29 is 14.3 Å². The molecule has 0 unspecified atom stereocenters. The number of nitrogens with zero attached hydrogens (tertiary/aromatic N) is 3. The van der Waals surface area contributed by atoms with Crippen LogP contribution in [0.15, 0.2) is 48.5 Å². The Morgan fingerprint density at radius 1 is 0.806 bits per heavy atom. The molecule has 6 nitrogen and oxygen atoms in total. The average molecular weight is 442 g/mol. The number of likely N-dealkylation sites (tertiary alicyclic amines) is 1. The van der Waals surface area contributed by atoms with Crippen LogP contribution < -0.4 is 4.74 Å². The van der Waals surface area contributed by atoms with Gasteiger partial charge in [-0.05, 0) is 36.1 Å². The van der Waals surface area contributed by atoms with Gasteiger partial charge in [-0.25, -0.2) is 0 Å². The van der Waals surface area contributed by atoms with E-state index in [4.69, 9.17) is 16.3 Å². The number of ether oxygens (including phenoxy) is 1. The number of piperazine rings is 1. The van der Waals surface area contributed by atoms with Gasteiger partial charge in [0.2, 0.25) is 5.91 Å². The number of rotatable bonds is 6. The monoisotopic (exact) mass is 441 g/mol. The molecule has 2 aliphatic rings. The molecule has 164 valence electrons. The van der Waals surface area contributed by atoms with Crippen LogP contribution in [0, 0.1) is 0 Å². The Morgan fingerprint density at radius 2 is 1.48 bits per heavy atom. The van der Waals surface area contributed by atoms with Crippen LogP contribution >= 0.6 is 11.6 Å². The number of amides is 2. The molecule has 2 fully saturated rings. The van der Waals surface area contributed by atoms with Crippen molar-refractivity contribution in [2.24, 2.45) is 0 Å². The molecule has 2 amide bonds. The normalized spacial score (nSPS) is 17.1. The van der Waals surface area contributed by atoms with Gasteiger partial charge in [0, 0.05) is 39.3 Å². The van der Waals surface area contributed by atoms with E-state index in [1.54, 1.807) is 11.0 Å². The predicted octanol–water partition coefficient (Wildman–Crippen LogP) is 3.15. The molecule has 0 aliphatic carbocycles. The zero-order chi connectivity index (χ0) is 21.6. The van der Waals surface area contributed by atoms with E-state index in [-0.39, 0.29) is 18.4 Å². The maximum Gasteiger partial charge on any atom is 0.260 e. The van der Waals surface area contributed by atoms with E-state index in [0.29, 0.717) is 43.5 Å². The maximum absolute atomic E-state index is 12.6. The molecule has 0 saturated carbocycles. The SMILES string of the molecule is O=C(COc1ccc(-c2ccccc2)cc1Cl)N1CCN(CC(=O)N2CCCC2)CC1. The highest BCUT2D eigenvalue weighted by Crippen LogP contribution is 2.30. The summed E-state index contributed by atoms with van der Waals surface area (Å²) in [4.78, 5) is 30.7. The molecule has 0 atom stereocenters. The zero-order valence-electron chi connectivity index (χ0n) is 17.6. The Labute approximate surface area is 188 Å². The summed E-state index contributed by atoms with van der Waals surface area (Å²) < 4.78 is 5.70. The third kappa shape index (κ3) is 5.57. The number of hydrogen-bond acceptors (Lipinski definition) is 4. The maximum atomic E-state index is 12.6. The highest BCUT2D eigenvalue weighted by atomic mass is 35.5. The second-order valence-electron chi connectivity index (χ2n) is 8.04. The van der Waals surface area contributed by atoms with E-state index in [1.807, 2.05) is 47.4 Å². The third-order valence-corrected chi connectivity index (χ3v) is 6.23. The summed E-state index contributed by atoms with van der Waals surface area (Å²) >= 11 is 6.38. The van der Waals surface area contributed by atoms with Gasteiger partial charge in [-0.15, -0.1) is 0 Å². The molecule has 0 radical (unpaired) electrons. The van der Waals surface area contributed by atoms with Gasteiger partial charge >= 0.3 is 0 Å². The third-order valence-electron chi connectivity index (χ3n) is 5.93. The van der Waals surface area contributed by atoms with E-state index in [9.17, 15) is 9.59 Å². The zero-order valence-corrected chi connectivity index (χ0v) is 18.4. The minimum atomic E-state index is -0.0614. The Kier molecular flexibility index (Phi) is 7.10. The van der Waals surface area contributed by atoms with Gasteiger partial charge in [0.1, 0.15) is 5.75 Å². The fraction of sp³-hybridized carbons (Fsp3) is 0.417. The van der Waals surface area contributed by atoms with E-state index >= 15 is 0 Å². The summed E-state index contributed by atoms with van der Waals surface area (Å²) in [6.07, 6.45) is 2.21. The van der Waals surface area contributed by atoms with Crippen LogP contribution in [0.5, 0.6) is 5.75 Å². The minimum absolute atomic E-state index is 0.0445. The standard InChI is InChI=1S/C24H28ClN3O3/c25-21-16-20(19-6-2-1-3-7-19)8-9-22(21)31-18-24(30)28-14-12-26(13-15-28)17-23(29)27-10-4-5-11-27/h1-3,6-9,16H,4-5,10-15,17-18H2. The highest BCUT2D eigenvalue weighted by molar-refractivity contribution is 6.32. The van der Waals surface area contributed by atoms with E-state index in [2.05, 4.69) is 4.90 Å². The Hall–Kier alpha value is -2.57. The molecule has 2 aliphatic heterocycles. The van der Waals surface area contributed by atoms with Crippen molar-refractivity contribution in [3.8, 4) is 16.9 Å². The molecule has 7 heteroatoms. The molecule has 2 saturated heterocycles. The van der Waals surface area contributed by atoms with Crippen LogP contribution in [-0.2, 0) is 9.59 Å². The molecular weight excluding hydrogens is 414 g/mol. The van der Waals surface area contributed by atoms with Gasteiger partial charge in [0.15, 0.2) is 6.61 Å². The van der Waals surface area contributed by atoms with Crippen LogP contribution in [0.1, 0.15) is 12.8 Å². The van der Waals surface area contributed by atoms with E-state index < -0.39 is 0 Å². The molecule has 0 spiro atoms. The van der Waals surface area contributed by atoms with Crippen LogP contribution in [0.25, 0.3) is 11.1 Å². The molecule has 2 aromatic rings. The molecule has 31 heavy (non-hydrogen) atoms. The minimum Gasteiger partial charge on any atom is -0.482 e. The molecule has 2 heterocycles. The number of halogens is 1. The van der Waals surface area contributed by atoms with Crippen molar-refractivity contribution in [2.45, 2.75) is 12.8 Å². The van der Waals surface area contributed by atoms with Gasteiger partial charge < -0.3 is 14.5 Å². The second-order valence-corrected chi connectivity index (χ2v) is 8.45. The largest absolute Gasteiger partial charge is 0.482 e. The summed E-state index contributed by atoms with van der Waals surface area (Å²) in [5.74, 6) is 0.646. The number of carbonyl (C=O) groups excluding carboxylic acids is 2. The number of benzene rings is 2. The first-order chi connectivity index (χ1) is 15.1. The van der Waals surface area contributed by atoms with Crippen LogP contribution in [0.2, 0.25) is 5.02 Å². The topological polar surface area (TPSA) is 53.1 Å². The van der Waals surface area contributed by atoms with Gasteiger partial charge in [0.25, 0.3) is 5.91 Å². The van der Waals surface area contributed by atoms with Crippen molar-refractivity contribution in [3.05, 3.63) is 53.6 Å². The van der Waals surface area contributed by atoms with Crippen LogP contribution in [0.4, 0.5) is 0 Å². The van der Waals surface area contributed by atoms with Gasteiger partial charge in [0.05, 0.1) is 11.6 Å². The number of carbonyl (C=O) groups is 2. The first kappa shape index (κ1) is 21.7.